The van der Waals surface area contributed by atoms with Gasteiger partial charge in [0.1, 0.15) is 12.3 Å². The minimum Gasteiger partial charge on any atom is -0.480 e. The van der Waals surface area contributed by atoms with E-state index in [2.05, 4.69) is 5.32 Å². The van der Waals surface area contributed by atoms with Crippen LogP contribution in [0.1, 0.15) is 6.92 Å². The standard InChI is InChI=1S/C5H12N2O3/c1-3(8)7-2-4(6)5(9)10/h3-4,7-8H,2,6H2,1H3,(H,9,10)/t3-,4?/m1/s1. The number of nitrogens with one attached hydrogen (secondary N) is 1. The summed E-state index contributed by atoms with van der Waals surface area (Å²) in [6.07, 6.45) is -0.717. The van der Waals surface area contributed by atoms with E-state index in [1.54, 1.807) is 0 Å². The summed E-state index contributed by atoms with van der Waals surface area (Å²) >= 11 is 0. The highest BCUT2D eigenvalue weighted by molar-refractivity contribution is 5.73. The average molecular weight is 148 g/mol. The van der Waals surface area contributed by atoms with Crippen molar-refractivity contribution in [1.29, 1.82) is 0 Å². The van der Waals surface area contributed by atoms with Gasteiger partial charge in [-0.3, -0.25) is 10.1 Å². The number of hydrogen-bond donors (Lipinski definition) is 4. The third-order valence-electron chi connectivity index (χ3n) is 0.950. The zero-order valence-electron chi connectivity index (χ0n) is 5.74. The Balaban J connectivity index is 3.40. The molecule has 0 aliphatic carbocycles. The van der Waals surface area contributed by atoms with Crippen LogP contribution in [0.4, 0.5) is 0 Å². The van der Waals surface area contributed by atoms with E-state index in [9.17, 15) is 4.79 Å². The minimum atomic E-state index is -1.08. The van der Waals surface area contributed by atoms with Gasteiger partial charge in [-0.25, -0.2) is 0 Å². The van der Waals surface area contributed by atoms with E-state index in [0.717, 1.165) is 0 Å². The molecule has 0 spiro atoms. The molecule has 0 saturated carbocycles. The summed E-state index contributed by atoms with van der Waals surface area (Å²) in [6.45, 7) is 1.57. The molecule has 0 radical (unpaired) electrons. The lowest BCUT2D eigenvalue weighted by Gasteiger charge is -2.09. The SMILES string of the molecule is C[C@@H](O)NCC(N)C(=O)O. The summed E-state index contributed by atoms with van der Waals surface area (Å²) in [5.41, 5.74) is 5.09. The van der Waals surface area contributed by atoms with Gasteiger partial charge in [-0.2, -0.15) is 0 Å². The van der Waals surface area contributed by atoms with Crippen LogP contribution in [0.15, 0.2) is 0 Å². The van der Waals surface area contributed by atoms with E-state index in [1.807, 2.05) is 0 Å². The molecule has 2 atom stereocenters. The Morgan fingerprint density at radius 1 is 1.80 bits per heavy atom. The molecule has 60 valence electrons. The highest BCUT2D eigenvalue weighted by Crippen LogP contribution is 1.77. The van der Waals surface area contributed by atoms with E-state index in [1.165, 1.54) is 6.92 Å². The molecule has 10 heavy (non-hydrogen) atoms. The fraction of sp³-hybridized carbons (Fsp3) is 0.800. The van der Waals surface area contributed by atoms with Crippen molar-refractivity contribution in [1.82, 2.24) is 5.32 Å². The van der Waals surface area contributed by atoms with Crippen LogP contribution in [0.5, 0.6) is 0 Å². The molecular formula is C5H12N2O3. The molecule has 1 unspecified atom stereocenters. The Hall–Kier alpha value is -0.650. The Morgan fingerprint density at radius 2 is 2.30 bits per heavy atom. The molecule has 5 heteroatoms. The van der Waals surface area contributed by atoms with E-state index in [4.69, 9.17) is 15.9 Å². The molecule has 0 heterocycles. The van der Waals surface area contributed by atoms with Crippen molar-refractivity contribution in [2.24, 2.45) is 5.73 Å². The molecule has 5 nitrogen and oxygen atoms in total. The van der Waals surface area contributed by atoms with E-state index < -0.39 is 18.2 Å². The Bertz CT molecular complexity index is 115. The Morgan fingerprint density at radius 3 is 2.60 bits per heavy atom. The predicted octanol–water partition coefficient (Wildman–Crippen LogP) is -1.67. The van der Waals surface area contributed by atoms with Crippen LogP contribution >= 0.6 is 0 Å². The number of hydrogen-bond acceptors (Lipinski definition) is 4. The minimum absolute atomic E-state index is 0.0764. The van der Waals surface area contributed by atoms with E-state index in [0.29, 0.717) is 0 Å². The van der Waals surface area contributed by atoms with Gasteiger partial charge in [-0.05, 0) is 6.92 Å². The first-order valence-corrected chi connectivity index (χ1v) is 2.94. The second-order valence-corrected chi connectivity index (χ2v) is 2.03. The van der Waals surface area contributed by atoms with Crippen LogP contribution in [0.2, 0.25) is 0 Å². The number of aliphatic carboxylic acids is 1. The van der Waals surface area contributed by atoms with Crippen molar-refractivity contribution >= 4 is 5.97 Å². The number of carbonyl (C=O) groups is 1. The van der Waals surface area contributed by atoms with E-state index in [-0.39, 0.29) is 6.54 Å². The van der Waals surface area contributed by atoms with Gasteiger partial charge in [-0.1, -0.05) is 0 Å². The number of rotatable bonds is 4. The van der Waals surface area contributed by atoms with Gasteiger partial charge in [0.2, 0.25) is 0 Å². The van der Waals surface area contributed by atoms with Crippen LogP contribution < -0.4 is 11.1 Å². The van der Waals surface area contributed by atoms with Crippen LogP contribution in [0.25, 0.3) is 0 Å². The van der Waals surface area contributed by atoms with Crippen LogP contribution in [0, 0.1) is 0 Å². The molecule has 0 amide bonds. The Kier molecular flexibility index (Phi) is 3.94. The number of aliphatic hydroxyl groups is 1. The zero-order valence-corrected chi connectivity index (χ0v) is 5.74. The molecule has 5 N–H and O–H groups in total. The van der Waals surface area contributed by atoms with Crippen LogP contribution in [-0.4, -0.2) is 35.0 Å². The molecule has 0 aliphatic heterocycles. The van der Waals surface area contributed by atoms with Gasteiger partial charge in [0.15, 0.2) is 0 Å². The van der Waals surface area contributed by atoms with Gasteiger partial charge in [0.05, 0.1) is 0 Å². The summed E-state index contributed by atoms with van der Waals surface area (Å²) in [5, 5.41) is 19.3. The number of carboxylic acids is 1. The van der Waals surface area contributed by atoms with Gasteiger partial charge in [0.25, 0.3) is 0 Å². The monoisotopic (exact) mass is 148 g/mol. The van der Waals surface area contributed by atoms with E-state index >= 15 is 0 Å². The van der Waals surface area contributed by atoms with Crippen molar-refractivity contribution in [3.63, 3.8) is 0 Å². The molecule has 0 aromatic rings. The van der Waals surface area contributed by atoms with Crippen molar-refractivity contribution in [3.8, 4) is 0 Å². The quantitative estimate of drug-likeness (QED) is 0.357. The van der Waals surface area contributed by atoms with Crippen molar-refractivity contribution in [2.45, 2.75) is 19.2 Å². The summed E-state index contributed by atoms with van der Waals surface area (Å²) < 4.78 is 0. The first kappa shape index (κ1) is 9.35. The number of nitrogens with two attached hydrogens (primary N) is 1. The lowest BCUT2D eigenvalue weighted by atomic mass is 10.3. The topological polar surface area (TPSA) is 95.6 Å². The van der Waals surface area contributed by atoms with Gasteiger partial charge in [-0.15, -0.1) is 0 Å². The van der Waals surface area contributed by atoms with Crippen molar-refractivity contribution < 1.29 is 15.0 Å². The largest absolute Gasteiger partial charge is 0.480 e. The fourth-order valence-electron chi connectivity index (χ4n) is 0.385. The van der Waals surface area contributed by atoms with Gasteiger partial charge >= 0.3 is 5.97 Å². The highest BCUT2D eigenvalue weighted by atomic mass is 16.4. The predicted molar refractivity (Wildman–Crippen MR) is 35.3 cm³/mol. The number of carboxylic acid groups (broad SMARTS) is 1. The third-order valence-corrected chi connectivity index (χ3v) is 0.950. The van der Waals surface area contributed by atoms with Gasteiger partial charge < -0.3 is 15.9 Å². The normalized spacial score (nSPS) is 16.3. The summed E-state index contributed by atoms with van der Waals surface area (Å²) in [5.74, 6) is -1.08. The lowest BCUT2D eigenvalue weighted by molar-refractivity contribution is -0.138. The third kappa shape index (κ3) is 4.25. The van der Waals surface area contributed by atoms with Crippen molar-refractivity contribution in [2.75, 3.05) is 6.54 Å². The summed E-state index contributed by atoms with van der Waals surface area (Å²) in [4.78, 5) is 10.1. The molecule has 0 saturated heterocycles. The second kappa shape index (κ2) is 4.21. The molecular weight excluding hydrogens is 136 g/mol. The first-order valence-electron chi connectivity index (χ1n) is 2.94. The summed E-state index contributed by atoms with van der Waals surface area (Å²) in [7, 11) is 0. The molecule has 0 bridgehead atoms. The average Bonchev–Trinajstić information content (AvgIpc) is 1.82. The maximum Gasteiger partial charge on any atom is 0.321 e. The molecule has 0 rings (SSSR count). The smallest absolute Gasteiger partial charge is 0.321 e. The van der Waals surface area contributed by atoms with Gasteiger partial charge in [0, 0.05) is 6.54 Å². The van der Waals surface area contributed by atoms with Crippen LogP contribution in [-0.2, 0) is 4.79 Å². The zero-order chi connectivity index (χ0) is 8.15. The first-order chi connectivity index (χ1) is 4.54. The molecule has 0 fully saturated rings. The van der Waals surface area contributed by atoms with Crippen molar-refractivity contribution in [3.05, 3.63) is 0 Å². The van der Waals surface area contributed by atoms with Crippen LogP contribution in [0.3, 0.4) is 0 Å². The maximum atomic E-state index is 10.1. The Labute approximate surface area is 58.8 Å². The second-order valence-electron chi connectivity index (χ2n) is 2.03. The fourth-order valence-corrected chi connectivity index (χ4v) is 0.385. The lowest BCUT2D eigenvalue weighted by Crippen LogP contribution is -2.43. The molecule has 0 aromatic heterocycles. The number of aliphatic hydroxyl groups excluding tert-OH is 1. The highest BCUT2D eigenvalue weighted by Gasteiger charge is 2.10. The molecule has 0 aromatic carbocycles. The molecule has 0 aliphatic rings. The summed E-state index contributed by atoms with van der Waals surface area (Å²) in [6, 6.07) is -0.949. The maximum absolute atomic E-state index is 10.1.